The molecule has 1 aromatic heterocycles. The van der Waals surface area contributed by atoms with Crippen molar-refractivity contribution in [3.63, 3.8) is 0 Å². The first-order valence-corrected chi connectivity index (χ1v) is 5.91. The highest BCUT2D eigenvalue weighted by Crippen LogP contribution is 2.17. The first-order chi connectivity index (χ1) is 9.20. The number of benzene rings is 1. The van der Waals surface area contributed by atoms with Crippen LogP contribution < -0.4 is 10.1 Å². The lowest BCUT2D eigenvalue weighted by Crippen LogP contribution is -2.26. The Labute approximate surface area is 110 Å². The minimum absolute atomic E-state index is 0.0162. The lowest BCUT2D eigenvalue weighted by atomic mass is 10.1. The highest BCUT2D eigenvalue weighted by atomic mass is 16.5. The van der Waals surface area contributed by atoms with E-state index in [0.717, 1.165) is 11.3 Å². The van der Waals surface area contributed by atoms with Crippen molar-refractivity contribution in [1.82, 2.24) is 15.5 Å². The molecule has 0 saturated heterocycles. The fourth-order valence-electron chi connectivity index (χ4n) is 1.68. The second-order valence-corrected chi connectivity index (χ2v) is 3.94. The van der Waals surface area contributed by atoms with Gasteiger partial charge in [-0.05, 0) is 18.1 Å². The molecule has 0 saturated carbocycles. The number of nitrogens with one attached hydrogen (secondary N) is 1. The number of nitrogens with zero attached hydrogens (tertiary/aromatic N) is 2. The van der Waals surface area contributed by atoms with Gasteiger partial charge in [0.15, 0.2) is 0 Å². The number of amides is 1. The number of methoxy groups -OCH3 is 1. The Morgan fingerprint density at radius 2 is 2.16 bits per heavy atom. The molecule has 19 heavy (non-hydrogen) atoms. The maximum Gasteiger partial charge on any atom is 0.308 e. The summed E-state index contributed by atoms with van der Waals surface area (Å²) in [6.07, 6.45) is 0.670. The molecule has 0 aliphatic carbocycles. The summed E-state index contributed by atoms with van der Waals surface area (Å²) < 4.78 is 10.3. The summed E-state index contributed by atoms with van der Waals surface area (Å²) in [5.74, 6) is 0.799. The van der Waals surface area contributed by atoms with Crippen LogP contribution in [-0.4, -0.2) is 29.8 Å². The molecule has 0 aliphatic rings. The lowest BCUT2D eigenvalue weighted by Gasteiger charge is -2.08. The highest BCUT2D eigenvalue weighted by Gasteiger charge is 2.12. The number of carbonyl (C=O) groups is 1. The molecule has 1 heterocycles. The predicted octanol–water partition coefficient (Wildman–Crippen LogP) is 1.36. The van der Waals surface area contributed by atoms with E-state index in [4.69, 9.17) is 9.15 Å². The van der Waals surface area contributed by atoms with E-state index in [1.165, 1.54) is 0 Å². The molecular formula is C13H15N3O3. The van der Waals surface area contributed by atoms with Crippen LogP contribution in [0.3, 0.4) is 0 Å². The van der Waals surface area contributed by atoms with Gasteiger partial charge in [0.2, 0.25) is 5.89 Å². The molecule has 100 valence electrons. The Morgan fingerprint density at radius 1 is 1.37 bits per heavy atom. The van der Waals surface area contributed by atoms with Crippen LogP contribution in [-0.2, 0) is 6.42 Å². The smallest absolute Gasteiger partial charge is 0.308 e. The number of para-hydroxylation sites is 1. The van der Waals surface area contributed by atoms with E-state index in [-0.39, 0.29) is 11.8 Å². The van der Waals surface area contributed by atoms with E-state index in [1.54, 1.807) is 14.0 Å². The number of ether oxygens (including phenoxy) is 1. The fraction of sp³-hybridized carbons (Fsp3) is 0.308. The Hall–Kier alpha value is -2.37. The van der Waals surface area contributed by atoms with Crippen molar-refractivity contribution in [2.24, 2.45) is 0 Å². The van der Waals surface area contributed by atoms with Crippen molar-refractivity contribution in [2.45, 2.75) is 13.3 Å². The van der Waals surface area contributed by atoms with Gasteiger partial charge in [-0.3, -0.25) is 4.79 Å². The van der Waals surface area contributed by atoms with Crippen LogP contribution in [0.4, 0.5) is 0 Å². The summed E-state index contributed by atoms with van der Waals surface area (Å²) in [6, 6.07) is 7.68. The summed E-state index contributed by atoms with van der Waals surface area (Å²) in [5.41, 5.74) is 1.03. The average molecular weight is 261 g/mol. The van der Waals surface area contributed by atoms with Crippen LogP contribution in [0, 0.1) is 6.92 Å². The second-order valence-electron chi connectivity index (χ2n) is 3.94. The molecule has 0 fully saturated rings. The van der Waals surface area contributed by atoms with Gasteiger partial charge in [0.25, 0.3) is 0 Å². The molecule has 0 atom stereocenters. The van der Waals surface area contributed by atoms with Crippen LogP contribution in [0.25, 0.3) is 0 Å². The Bertz CT molecular complexity index is 566. The van der Waals surface area contributed by atoms with Gasteiger partial charge < -0.3 is 14.5 Å². The van der Waals surface area contributed by atoms with Gasteiger partial charge in [-0.15, -0.1) is 10.2 Å². The zero-order valence-electron chi connectivity index (χ0n) is 10.8. The zero-order valence-corrected chi connectivity index (χ0v) is 10.8. The lowest BCUT2D eigenvalue weighted by molar-refractivity contribution is 0.0918. The number of aromatic nitrogens is 2. The van der Waals surface area contributed by atoms with Gasteiger partial charge >= 0.3 is 11.8 Å². The van der Waals surface area contributed by atoms with Crippen molar-refractivity contribution < 1.29 is 13.9 Å². The molecule has 1 N–H and O–H groups in total. The SMILES string of the molecule is COc1ccccc1CCNC(=O)c1nnc(C)o1. The monoisotopic (exact) mass is 261 g/mol. The molecule has 0 unspecified atom stereocenters. The van der Waals surface area contributed by atoms with Crippen molar-refractivity contribution in [2.75, 3.05) is 13.7 Å². The third-order valence-corrected chi connectivity index (χ3v) is 2.59. The van der Waals surface area contributed by atoms with Crippen LogP contribution in [0.1, 0.15) is 22.1 Å². The standard InChI is InChI=1S/C13H15N3O3/c1-9-15-16-13(19-9)12(17)14-8-7-10-5-3-4-6-11(10)18-2/h3-6H,7-8H2,1-2H3,(H,14,17). The number of carbonyl (C=O) groups excluding carboxylic acids is 1. The third-order valence-electron chi connectivity index (χ3n) is 2.59. The Morgan fingerprint density at radius 3 is 2.84 bits per heavy atom. The first-order valence-electron chi connectivity index (χ1n) is 5.91. The van der Waals surface area contributed by atoms with Crippen LogP contribution >= 0.6 is 0 Å². The van der Waals surface area contributed by atoms with Gasteiger partial charge in [0.1, 0.15) is 5.75 Å². The zero-order chi connectivity index (χ0) is 13.7. The molecule has 2 rings (SSSR count). The largest absolute Gasteiger partial charge is 0.496 e. The van der Waals surface area contributed by atoms with Crippen molar-refractivity contribution in [1.29, 1.82) is 0 Å². The number of hydrogen-bond donors (Lipinski definition) is 1. The minimum Gasteiger partial charge on any atom is -0.496 e. The van der Waals surface area contributed by atoms with Gasteiger partial charge in [-0.1, -0.05) is 18.2 Å². The van der Waals surface area contributed by atoms with Crippen LogP contribution in [0.15, 0.2) is 28.7 Å². The van der Waals surface area contributed by atoms with Gasteiger partial charge in [0, 0.05) is 13.5 Å². The number of aryl methyl sites for hydroxylation is 1. The molecule has 1 aromatic carbocycles. The molecule has 6 nitrogen and oxygen atoms in total. The summed E-state index contributed by atoms with van der Waals surface area (Å²) in [5, 5.41) is 9.98. The maximum atomic E-state index is 11.7. The summed E-state index contributed by atoms with van der Waals surface area (Å²) in [4.78, 5) is 11.7. The summed E-state index contributed by atoms with van der Waals surface area (Å²) >= 11 is 0. The van der Waals surface area contributed by atoms with Crippen LogP contribution in [0.2, 0.25) is 0 Å². The average Bonchev–Trinajstić information content (AvgIpc) is 2.86. The number of hydrogen-bond acceptors (Lipinski definition) is 5. The first kappa shape index (κ1) is 13.1. The fourth-order valence-corrected chi connectivity index (χ4v) is 1.68. The topological polar surface area (TPSA) is 77.2 Å². The van der Waals surface area contributed by atoms with E-state index in [1.807, 2.05) is 24.3 Å². The Kier molecular flexibility index (Phi) is 4.12. The molecule has 0 aliphatic heterocycles. The Balaban J connectivity index is 1.88. The molecule has 0 radical (unpaired) electrons. The van der Waals surface area contributed by atoms with Gasteiger partial charge in [-0.2, -0.15) is 0 Å². The molecule has 1 amide bonds. The van der Waals surface area contributed by atoms with Crippen molar-refractivity contribution >= 4 is 5.91 Å². The maximum absolute atomic E-state index is 11.7. The molecule has 0 bridgehead atoms. The van der Waals surface area contributed by atoms with Crippen molar-refractivity contribution in [3.05, 3.63) is 41.6 Å². The van der Waals surface area contributed by atoms with E-state index in [9.17, 15) is 4.79 Å². The van der Waals surface area contributed by atoms with Gasteiger partial charge in [0.05, 0.1) is 7.11 Å². The van der Waals surface area contributed by atoms with E-state index in [2.05, 4.69) is 15.5 Å². The quantitative estimate of drug-likeness (QED) is 0.879. The summed E-state index contributed by atoms with van der Waals surface area (Å²) in [6.45, 7) is 2.11. The normalized spacial score (nSPS) is 10.2. The van der Waals surface area contributed by atoms with E-state index >= 15 is 0 Å². The third kappa shape index (κ3) is 3.31. The van der Waals surface area contributed by atoms with Gasteiger partial charge in [-0.25, -0.2) is 0 Å². The molecular weight excluding hydrogens is 246 g/mol. The second kappa shape index (κ2) is 5.99. The van der Waals surface area contributed by atoms with E-state index in [0.29, 0.717) is 18.9 Å². The van der Waals surface area contributed by atoms with E-state index < -0.39 is 0 Å². The minimum atomic E-state index is -0.365. The molecule has 0 spiro atoms. The number of rotatable bonds is 5. The molecule has 6 heteroatoms. The highest BCUT2D eigenvalue weighted by molar-refractivity contribution is 5.89. The summed E-state index contributed by atoms with van der Waals surface area (Å²) in [7, 11) is 1.62. The van der Waals surface area contributed by atoms with Crippen molar-refractivity contribution in [3.8, 4) is 5.75 Å². The van der Waals surface area contributed by atoms with Crippen LogP contribution in [0.5, 0.6) is 5.75 Å². The molecule has 2 aromatic rings. The predicted molar refractivity (Wildman–Crippen MR) is 68.1 cm³/mol.